The minimum Gasteiger partial charge on any atom is -0.381 e. The van der Waals surface area contributed by atoms with Gasteiger partial charge in [0.2, 0.25) is 0 Å². The smallest absolute Gasteiger partial charge is 0.0469 e. The molecule has 1 N–H and O–H groups in total. The summed E-state index contributed by atoms with van der Waals surface area (Å²) in [4.78, 5) is 0. The summed E-state index contributed by atoms with van der Waals surface area (Å²) < 4.78 is 5.48. The molecule has 1 unspecified atom stereocenters. The Labute approximate surface area is 111 Å². The topological polar surface area (TPSA) is 21.3 Å². The predicted octanol–water partition coefficient (Wildman–Crippen LogP) is 3.38. The van der Waals surface area contributed by atoms with Crippen LogP contribution in [0.2, 0.25) is 0 Å². The lowest BCUT2D eigenvalue weighted by atomic mass is 9.86. The highest BCUT2D eigenvalue weighted by Crippen LogP contribution is 2.30. The lowest BCUT2D eigenvalue weighted by Crippen LogP contribution is -2.32. The van der Waals surface area contributed by atoms with E-state index in [1.807, 2.05) is 0 Å². The summed E-state index contributed by atoms with van der Waals surface area (Å²) in [7, 11) is 0. The van der Waals surface area contributed by atoms with E-state index in [2.05, 4.69) is 44.3 Å². The van der Waals surface area contributed by atoms with Crippen molar-refractivity contribution in [2.45, 2.75) is 39.7 Å². The third kappa shape index (κ3) is 3.12. The molecule has 0 saturated carbocycles. The normalized spacial score (nSPS) is 18.8. The van der Waals surface area contributed by atoms with E-state index in [9.17, 15) is 0 Å². The van der Waals surface area contributed by atoms with Gasteiger partial charge in [0.1, 0.15) is 0 Å². The van der Waals surface area contributed by atoms with Crippen molar-refractivity contribution in [3.05, 3.63) is 34.9 Å². The first kappa shape index (κ1) is 13.6. The molecule has 0 aliphatic carbocycles. The zero-order valence-corrected chi connectivity index (χ0v) is 11.8. The summed E-state index contributed by atoms with van der Waals surface area (Å²) in [6.07, 6.45) is 2.34. The van der Waals surface area contributed by atoms with Crippen LogP contribution in [0.3, 0.4) is 0 Å². The summed E-state index contributed by atoms with van der Waals surface area (Å²) in [5.41, 5.74) is 4.20. The van der Waals surface area contributed by atoms with E-state index in [0.29, 0.717) is 12.0 Å². The molecule has 1 aliphatic rings. The number of benzene rings is 1. The molecule has 0 spiro atoms. The Morgan fingerprint density at radius 3 is 2.56 bits per heavy atom. The second-order valence-corrected chi connectivity index (χ2v) is 5.33. The van der Waals surface area contributed by atoms with Crippen molar-refractivity contribution in [1.29, 1.82) is 0 Å². The first-order chi connectivity index (χ1) is 8.72. The number of hydrogen-bond donors (Lipinski definition) is 1. The van der Waals surface area contributed by atoms with Gasteiger partial charge in [0.15, 0.2) is 0 Å². The molecular formula is C16H25NO. The van der Waals surface area contributed by atoms with Gasteiger partial charge in [0.05, 0.1) is 0 Å². The molecule has 0 radical (unpaired) electrons. The number of nitrogens with one attached hydrogen (secondary N) is 1. The molecule has 1 fully saturated rings. The van der Waals surface area contributed by atoms with E-state index in [1.54, 1.807) is 0 Å². The lowest BCUT2D eigenvalue weighted by molar-refractivity contribution is 0.0538. The Kier molecular flexibility index (Phi) is 4.79. The van der Waals surface area contributed by atoms with Crippen LogP contribution in [0.4, 0.5) is 0 Å². The van der Waals surface area contributed by atoms with E-state index in [4.69, 9.17) is 4.74 Å². The molecule has 0 amide bonds. The van der Waals surface area contributed by atoms with E-state index >= 15 is 0 Å². The molecule has 18 heavy (non-hydrogen) atoms. The van der Waals surface area contributed by atoms with Gasteiger partial charge >= 0.3 is 0 Å². The Bertz CT molecular complexity index is 383. The van der Waals surface area contributed by atoms with Crippen LogP contribution >= 0.6 is 0 Å². The van der Waals surface area contributed by atoms with E-state index in [0.717, 1.165) is 19.8 Å². The van der Waals surface area contributed by atoms with Crippen molar-refractivity contribution in [1.82, 2.24) is 5.32 Å². The largest absolute Gasteiger partial charge is 0.381 e. The van der Waals surface area contributed by atoms with E-state index in [-0.39, 0.29) is 0 Å². The van der Waals surface area contributed by atoms with Crippen LogP contribution in [0.5, 0.6) is 0 Å². The Morgan fingerprint density at radius 2 is 1.94 bits per heavy atom. The summed E-state index contributed by atoms with van der Waals surface area (Å²) in [5.74, 6) is 0.709. The minimum absolute atomic E-state index is 0.484. The van der Waals surface area contributed by atoms with Crippen molar-refractivity contribution in [2.75, 3.05) is 19.8 Å². The second-order valence-electron chi connectivity index (χ2n) is 5.33. The maximum atomic E-state index is 5.48. The molecule has 1 aromatic rings. The average Bonchev–Trinajstić information content (AvgIpc) is 2.40. The van der Waals surface area contributed by atoms with Crippen LogP contribution in [-0.2, 0) is 4.74 Å². The first-order valence-corrected chi connectivity index (χ1v) is 7.10. The van der Waals surface area contributed by atoms with E-state index in [1.165, 1.54) is 29.5 Å². The van der Waals surface area contributed by atoms with Crippen LogP contribution in [0.1, 0.15) is 42.5 Å². The molecule has 2 nitrogen and oxygen atoms in total. The van der Waals surface area contributed by atoms with Crippen LogP contribution in [-0.4, -0.2) is 19.8 Å². The van der Waals surface area contributed by atoms with Gasteiger partial charge in [-0.05, 0) is 55.8 Å². The van der Waals surface area contributed by atoms with Crippen LogP contribution in [0, 0.1) is 19.8 Å². The summed E-state index contributed by atoms with van der Waals surface area (Å²) in [6, 6.07) is 7.36. The second kappa shape index (κ2) is 6.35. The van der Waals surface area contributed by atoms with Crippen molar-refractivity contribution in [3.8, 4) is 0 Å². The molecule has 1 heterocycles. The number of aryl methyl sites for hydroxylation is 2. The molecule has 2 heteroatoms. The van der Waals surface area contributed by atoms with Crippen molar-refractivity contribution < 1.29 is 4.74 Å². The molecule has 1 aromatic carbocycles. The third-order valence-corrected chi connectivity index (χ3v) is 4.05. The lowest BCUT2D eigenvalue weighted by Gasteiger charge is -2.31. The van der Waals surface area contributed by atoms with E-state index < -0.39 is 0 Å². The highest BCUT2D eigenvalue weighted by molar-refractivity contribution is 5.32. The fourth-order valence-corrected chi connectivity index (χ4v) is 2.78. The number of rotatable bonds is 4. The molecule has 1 atom stereocenters. The van der Waals surface area contributed by atoms with Crippen LogP contribution in [0.15, 0.2) is 18.2 Å². The fourth-order valence-electron chi connectivity index (χ4n) is 2.78. The van der Waals surface area contributed by atoms with Crippen molar-refractivity contribution in [2.24, 2.45) is 5.92 Å². The van der Waals surface area contributed by atoms with Gasteiger partial charge in [-0.1, -0.05) is 25.1 Å². The molecule has 0 bridgehead atoms. The zero-order chi connectivity index (χ0) is 13.0. The van der Waals surface area contributed by atoms with Crippen LogP contribution < -0.4 is 5.32 Å². The van der Waals surface area contributed by atoms with Gasteiger partial charge < -0.3 is 10.1 Å². The maximum absolute atomic E-state index is 5.48. The zero-order valence-electron chi connectivity index (χ0n) is 11.8. The fraction of sp³-hybridized carbons (Fsp3) is 0.625. The quantitative estimate of drug-likeness (QED) is 0.880. The number of ether oxygens (including phenoxy) is 1. The molecule has 1 aliphatic heterocycles. The third-order valence-electron chi connectivity index (χ3n) is 4.05. The van der Waals surface area contributed by atoms with Gasteiger partial charge in [-0.3, -0.25) is 0 Å². The van der Waals surface area contributed by atoms with Crippen molar-refractivity contribution >= 4 is 0 Å². The number of hydrogen-bond acceptors (Lipinski definition) is 2. The molecule has 1 saturated heterocycles. The van der Waals surface area contributed by atoms with Crippen LogP contribution in [0.25, 0.3) is 0 Å². The molecule has 100 valence electrons. The average molecular weight is 247 g/mol. The Balaban J connectivity index is 2.19. The molecule has 2 rings (SSSR count). The minimum atomic E-state index is 0.484. The SMILES string of the molecule is CCNC(c1ccc(C)c(C)c1)C1CCOCC1. The summed E-state index contributed by atoms with van der Waals surface area (Å²) in [5, 5.41) is 3.66. The van der Waals surface area contributed by atoms with Gasteiger partial charge in [0.25, 0.3) is 0 Å². The van der Waals surface area contributed by atoms with Gasteiger partial charge in [-0.2, -0.15) is 0 Å². The van der Waals surface area contributed by atoms with Gasteiger partial charge in [-0.15, -0.1) is 0 Å². The first-order valence-electron chi connectivity index (χ1n) is 7.10. The molecular weight excluding hydrogens is 222 g/mol. The van der Waals surface area contributed by atoms with Crippen molar-refractivity contribution in [3.63, 3.8) is 0 Å². The summed E-state index contributed by atoms with van der Waals surface area (Å²) in [6.45, 7) is 9.42. The Morgan fingerprint density at radius 1 is 1.22 bits per heavy atom. The monoisotopic (exact) mass is 247 g/mol. The summed E-state index contributed by atoms with van der Waals surface area (Å²) >= 11 is 0. The highest BCUT2D eigenvalue weighted by Gasteiger charge is 2.24. The van der Waals surface area contributed by atoms with Gasteiger partial charge in [0, 0.05) is 19.3 Å². The predicted molar refractivity (Wildman–Crippen MR) is 75.9 cm³/mol. The van der Waals surface area contributed by atoms with Gasteiger partial charge in [-0.25, -0.2) is 0 Å². The molecule has 0 aromatic heterocycles. The highest BCUT2D eigenvalue weighted by atomic mass is 16.5. The Hall–Kier alpha value is -0.860. The maximum Gasteiger partial charge on any atom is 0.0469 e. The standard InChI is InChI=1S/C16H25NO/c1-4-17-16(14-7-9-18-10-8-14)15-6-5-12(2)13(3)11-15/h5-6,11,14,16-17H,4,7-10H2,1-3H3.